The second-order valence-corrected chi connectivity index (χ2v) is 8.01. The van der Waals surface area contributed by atoms with Gasteiger partial charge in [-0.2, -0.15) is 4.31 Å². The predicted molar refractivity (Wildman–Crippen MR) is 86.8 cm³/mol. The zero-order valence-electron chi connectivity index (χ0n) is 13.5. The van der Waals surface area contributed by atoms with E-state index < -0.39 is 26.9 Å². The summed E-state index contributed by atoms with van der Waals surface area (Å²) >= 11 is 0. The van der Waals surface area contributed by atoms with Gasteiger partial charge in [0, 0.05) is 31.0 Å². The zero-order chi connectivity index (χ0) is 18.0. The van der Waals surface area contributed by atoms with Gasteiger partial charge >= 0.3 is 0 Å². The summed E-state index contributed by atoms with van der Waals surface area (Å²) in [6, 6.07) is 5.49. The van der Waals surface area contributed by atoms with Crippen molar-refractivity contribution in [3.8, 4) is 0 Å². The average Bonchev–Trinajstić information content (AvgIpc) is 3.42. The van der Waals surface area contributed by atoms with Crippen molar-refractivity contribution in [1.29, 1.82) is 0 Å². The third-order valence-electron chi connectivity index (χ3n) is 4.36. The number of nitro groups is 1. The Hall–Kier alpha value is -2.04. The monoisotopic (exact) mass is 369 g/mol. The molecule has 1 saturated carbocycles. The molecule has 2 atom stereocenters. The minimum Gasteiger partial charge on any atom is -0.379 e. The van der Waals surface area contributed by atoms with Crippen molar-refractivity contribution in [2.24, 2.45) is 5.92 Å². The lowest BCUT2D eigenvalue weighted by Gasteiger charge is -2.26. The highest BCUT2D eigenvalue weighted by Gasteiger charge is 2.53. The summed E-state index contributed by atoms with van der Waals surface area (Å²) in [5.74, 6) is -0.900. The Labute approximate surface area is 145 Å². The van der Waals surface area contributed by atoms with Gasteiger partial charge in [-0.1, -0.05) is 12.1 Å². The van der Waals surface area contributed by atoms with Gasteiger partial charge < -0.3 is 10.1 Å². The molecule has 0 bridgehead atoms. The van der Waals surface area contributed by atoms with Crippen molar-refractivity contribution < 1.29 is 22.9 Å². The van der Waals surface area contributed by atoms with Crippen molar-refractivity contribution in [2.45, 2.75) is 23.9 Å². The van der Waals surface area contributed by atoms with Crippen LogP contribution < -0.4 is 5.32 Å². The van der Waals surface area contributed by atoms with Crippen LogP contribution in [-0.2, 0) is 26.1 Å². The van der Waals surface area contributed by atoms with Gasteiger partial charge in [0.15, 0.2) is 0 Å². The van der Waals surface area contributed by atoms with Crippen molar-refractivity contribution in [2.75, 3.05) is 26.3 Å². The quantitative estimate of drug-likeness (QED) is 0.556. The van der Waals surface area contributed by atoms with E-state index in [1.54, 1.807) is 12.1 Å². The normalized spacial score (nSPS) is 23.8. The molecule has 0 aromatic heterocycles. The highest BCUT2D eigenvalue weighted by molar-refractivity contribution is 7.89. The van der Waals surface area contributed by atoms with Crippen molar-refractivity contribution in [3.63, 3.8) is 0 Å². The molecule has 1 N–H and O–H groups in total. The van der Waals surface area contributed by atoms with Gasteiger partial charge in [0.2, 0.25) is 22.0 Å². The number of carbonyl (C=O) groups is 1. The summed E-state index contributed by atoms with van der Waals surface area (Å²) in [6.45, 7) is 1.64. The van der Waals surface area contributed by atoms with Gasteiger partial charge in [0.25, 0.3) is 0 Å². The van der Waals surface area contributed by atoms with Crippen LogP contribution in [0.5, 0.6) is 0 Å². The Morgan fingerprint density at radius 2 is 1.92 bits per heavy atom. The molecule has 10 heteroatoms. The first-order valence-electron chi connectivity index (χ1n) is 7.97. The van der Waals surface area contributed by atoms with E-state index in [0.29, 0.717) is 26.3 Å². The second kappa shape index (κ2) is 7.06. The smallest absolute Gasteiger partial charge is 0.243 e. The van der Waals surface area contributed by atoms with Crippen LogP contribution in [0.3, 0.4) is 0 Å². The van der Waals surface area contributed by atoms with E-state index in [-0.39, 0.29) is 23.8 Å². The van der Waals surface area contributed by atoms with Crippen LogP contribution in [0.1, 0.15) is 12.0 Å². The summed E-state index contributed by atoms with van der Waals surface area (Å²) in [7, 11) is -3.54. The van der Waals surface area contributed by atoms with Crippen molar-refractivity contribution >= 4 is 15.9 Å². The molecule has 136 valence electrons. The van der Waals surface area contributed by atoms with E-state index in [1.165, 1.54) is 16.4 Å². The highest BCUT2D eigenvalue weighted by Crippen LogP contribution is 2.33. The Bertz CT molecular complexity index is 758. The molecule has 1 aliphatic heterocycles. The fraction of sp³-hybridized carbons (Fsp3) is 0.533. The van der Waals surface area contributed by atoms with E-state index in [4.69, 9.17) is 4.74 Å². The third-order valence-corrected chi connectivity index (χ3v) is 6.28. The topological polar surface area (TPSA) is 119 Å². The third kappa shape index (κ3) is 3.97. The van der Waals surface area contributed by atoms with Crippen LogP contribution in [0.25, 0.3) is 0 Å². The van der Waals surface area contributed by atoms with E-state index in [2.05, 4.69) is 5.32 Å². The number of ether oxygens (including phenoxy) is 1. The van der Waals surface area contributed by atoms with Gasteiger partial charge in [0.05, 0.1) is 18.1 Å². The Morgan fingerprint density at radius 3 is 2.48 bits per heavy atom. The first kappa shape index (κ1) is 17.8. The number of nitrogens with one attached hydrogen (secondary N) is 1. The maximum atomic E-state index is 12.5. The number of morpholine rings is 1. The van der Waals surface area contributed by atoms with Crippen LogP contribution in [0.15, 0.2) is 29.2 Å². The SMILES string of the molecule is O=C(NCc1ccc(S(=O)(=O)N2CCOCC2)cc1)C1CC1[N+](=O)[O-]. The maximum absolute atomic E-state index is 12.5. The number of rotatable bonds is 6. The standard InChI is InChI=1S/C15H19N3O6S/c19-15(13-9-14(13)18(20)21)16-10-11-1-3-12(4-2-11)25(22,23)17-5-7-24-8-6-17/h1-4,13-14H,5-10H2,(H,16,19). The number of hydrogen-bond acceptors (Lipinski definition) is 6. The summed E-state index contributed by atoms with van der Waals surface area (Å²) < 4.78 is 31.5. The van der Waals surface area contributed by atoms with Crippen molar-refractivity contribution in [1.82, 2.24) is 9.62 Å². The second-order valence-electron chi connectivity index (χ2n) is 6.07. The van der Waals surface area contributed by atoms with E-state index >= 15 is 0 Å². The van der Waals surface area contributed by atoms with Gasteiger partial charge in [0.1, 0.15) is 5.92 Å². The Kier molecular flexibility index (Phi) is 5.02. The van der Waals surface area contributed by atoms with Crippen LogP contribution >= 0.6 is 0 Å². The molecule has 1 aromatic carbocycles. The lowest BCUT2D eigenvalue weighted by molar-refractivity contribution is -0.497. The number of hydrogen-bond donors (Lipinski definition) is 1. The van der Waals surface area contributed by atoms with E-state index in [9.17, 15) is 23.3 Å². The minimum absolute atomic E-state index is 0.195. The lowest BCUT2D eigenvalue weighted by atomic mass is 10.2. The molecule has 0 radical (unpaired) electrons. The fourth-order valence-electron chi connectivity index (χ4n) is 2.73. The summed E-state index contributed by atoms with van der Waals surface area (Å²) in [5, 5.41) is 13.2. The predicted octanol–water partition coefficient (Wildman–Crippen LogP) is -0.0111. The van der Waals surface area contributed by atoms with Crippen LogP contribution in [0, 0.1) is 16.0 Å². The van der Waals surface area contributed by atoms with E-state index in [0.717, 1.165) is 5.56 Å². The molecule has 25 heavy (non-hydrogen) atoms. The molecule has 1 saturated heterocycles. The first-order valence-corrected chi connectivity index (χ1v) is 9.41. The molecule has 1 aliphatic carbocycles. The lowest BCUT2D eigenvalue weighted by Crippen LogP contribution is -2.40. The van der Waals surface area contributed by atoms with Crippen LogP contribution in [0.2, 0.25) is 0 Å². The number of sulfonamides is 1. The molecule has 2 fully saturated rings. The molecular formula is C15H19N3O6S. The molecule has 1 aromatic rings. The molecule has 1 amide bonds. The number of benzene rings is 1. The maximum Gasteiger partial charge on any atom is 0.243 e. The highest BCUT2D eigenvalue weighted by atomic mass is 32.2. The van der Waals surface area contributed by atoms with Gasteiger partial charge in [-0.15, -0.1) is 0 Å². The Morgan fingerprint density at radius 1 is 1.28 bits per heavy atom. The first-order chi connectivity index (χ1) is 11.9. The summed E-state index contributed by atoms with van der Waals surface area (Å²) in [6.07, 6.45) is 0.273. The molecule has 0 spiro atoms. The molecule has 9 nitrogen and oxygen atoms in total. The molecular weight excluding hydrogens is 350 g/mol. The number of amides is 1. The summed E-state index contributed by atoms with van der Waals surface area (Å²) in [5.41, 5.74) is 0.729. The minimum atomic E-state index is -3.54. The van der Waals surface area contributed by atoms with Crippen LogP contribution in [0.4, 0.5) is 0 Å². The average molecular weight is 369 g/mol. The molecule has 3 rings (SSSR count). The zero-order valence-corrected chi connectivity index (χ0v) is 14.3. The van der Waals surface area contributed by atoms with Crippen LogP contribution in [-0.4, -0.2) is 55.9 Å². The molecule has 2 aliphatic rings. The Balaban J connectivity index is 1.57. The van der Waals surface area contributed by atoms with Gasteiger partial charge in [-0.05, 0) is 17.7 Å². The molecule has 1 heterocycles. The van der Waals surface area contributed by atoms with Crippen molar-refractivity contribution in [3.05, 3.63) is 39.9 Å². The summed E-state index contributed by atoms with van der Waals surface area (Å²) in [4.78, 5) is 22.1. The number of nitrogens with zero attached hydrogens (tertiary/aromatic N) is 2. The van der Waals surface area contributed by atoms with Gasteiger partial charge in [-0.3, -0.25) is 14.9 Å². The molecule has 2 unspecified atom stereocenters. The number of carbonyl (C=O) groups excluding carboxylic acids is 1. The van der Waals surface area contributed by atoms with Gasteiger partial charge in [-0.25, -0.2) is 8.42 Å². The fourth-order valence-corrected chi connectivity index (χ4v) is 4.14. The largest absolute Gasteiger partial charge is 0.379 e. The van der Waals surface area contributed by atoms with E-state index in [1.807, 2.05) is 0 Å².